The summed E-state index contributed by atoms with van der Waals surface area (Å²) < 4.78 is 5.84. The molecule has 1 heterocycles. The summed E-state index contributed by atoms with van der Waals surface area (Å²) in [6.45, 7) is 11.1. The van der Waals surface area contributed by atoms with Gasteiger partial charge in [0.05, 0.1) is 0 Å². The summed E-state index contributed by atoms with van der Waals surface area (Å²) in [7, 11) is 0. The van der Waals surface area contributed by atoms with Crippen molar-refractivity contribution in [3.05, 3.63) is 12.2 Å². The van der Waals surface area contributed by atoms with Gasteiger partial charge in [0.15, 0.2) is 11.9 Å². The molecule has 0 aromatic rings. The van der Waals surface area contributed by atoms with Crippen molar-refractivity contribution >= 4 is 5.78 Å². The van der Waals surface area contributed by atoms with Gasteiger partial charge in [0.2, 0.25) is 0 Å². The van der Waals surface area contributed by atoms with Crippen molar-refractivity contribution in [2.75, 3.05) is 0 Å². The Bertz CT molecular complexity index is 464. The number of hydrogen-bond donors (Lipinski definition) is 0. The van der Waals surface area contributed by atoms with Crippen molar-refractivity contribution in [3.63, 3.8) is 0 Å². The number of epoxide rings is 1. The van der Waals surface area contributed by atoms with Gasteiger partial charge in [-0.2, -0.15) is 0 Å². The average molecular weight is 232 g/mol. The molecule has 0 N–H and O–H groups in total. The molecule has 0 amide bonds. The summed E-state index contributed by atoms with van der Waals surface area (Å²) in [6, 6.07) is 0. The standard InChI is InChI=1S/C15H20O2/c1-8-11(16)12-15(17-12)6-9-5-13(2,3)7-10(9)14(8,15)4/h9-10,12H,1,5-7H2,2-4H3/t9-,10-,12-,14+,15?/m1/s1. The highest BCUT2D eigenvalue weighted by molar-refractivity contribution is 6.07. The Labute approximate surface area is 102 Å². The van der Waals surface area contributed by atoms with E-state index in [0.717, 1.165) is 17.9 Å². The number of rotatable bonds is 0. The van der Waals surface area contributed by atoms with Gasteiger partial charge in [-0.25, -0.2) is 0 Å². The topological polar surface area (TPSA) is 29.6 Å². The Balaban J connectivity index is 1.82. The van der Waals surface area contributed by atoms with E-state index < -0.39 is 0 Å². The highest BCUT2D eigenvalue weighted by Gasteiger charge is 2.83. The van der Waals surface area contributed by atoms with Gasteiger partial charge in [0.25, 0.3) is 0 Å². The molecule has 0 aromatic heterocycles. The minimum Gasteiger partial charge on any atom is -0.356 e. The number of carbonyl (C=O) groups excluding carboxylic acids is 1. The molecule has 92 valence electrons. The third-order valence-corrected chi connectivity index (χ3v) is 6.20. The SMILES string of the molecule is C=C1C(=O)[C@H]2OC23C[C@H]2CC(C)(C)C[C@H]2[C@]13C. The van der Waals surface area contributed by atoms with E-state index in [9.17, 15) is 4.79 Å². The third-order valence-electron chi connectivity index (χ3n) is 6.20. The molecule has 4 rings (SSSR count). The molecule has 0 bridgehead atoms. The van der Waals surface area contributed by atoms with Gasteiger partial charge in [0, 0.05) is 11.0 Å². The van der Waals surface area contributed by atoms with Gasteiger partial charge in [-0.1, -0.05) is 27.4 Å². The highest BCUT2D eigenvalue weighted by atomic mass is 16.6. The van der Waals surface area contributed by atoms with Crippen LogP contribution in [-0.4, -0.2) is 17.5 Å². The number of carbonyl (C=O) groups is 1. The van der Waals surface area contributed by atoms with Crippen LogP contribution in [0.25, 0.3) is 0 Å². The summed E-state index contributed by atoms with van der Waals surface area (Å²) in [5.41, 5.74) is 1.09. The molecule has 1 aliphatic heterocycles. The molecule has 4 aliphatic rings. The van der Waals surface area contributed by atoms with Crippen LogP contribution in [0.15, 0.2) is 12.2 Å². The molecule has 4 fully saturated rings. The zero-order valence-electron chi connectivity index (χ0n) is 10.9. The van der Waals surface area contributed by atoms with Crippen LogP contribution in [-0.2, 0) is 9.53 Å². The first-order valence-electron chi connectivity index (χ1n) is 6.73. The Morgan fingerprint density at radius 3 is 2.65 bits per heavy atom. The second-order valence-corrected chi connectivity index (χ2v) is 7.58. The number of ether oxygens (including phenoxy) is 1. The number of hydrogen-bond acceptors (Lipinski definition) is 2. The van der Waals surface area contributed by atoms with Crippen LogP contribution in [0.4, 0.5) is 0 Å². The first kappa shape index (κ1) is 10.3. The minimum atomic E-state index is -0.132. The molecule has 17 heavy (non-hydrogen) atoms. The lowest BCUT2D eigenvalue weighted by molar-refractivity contribution is -0.117. The van der Waals surface area contributed by atoms with E-state index in [4.69, 9.17) is 4.74 Å². The van der Waals surface area contributed by atoms with Gasteiger partial charge in [-0.15, -0.1) is 0 Å². The van der Waals surface area contributed by atoms with Crippen LogP contribution in [0.5, 0.6) is 0 Å². The molecule has 3 saturated carbocycles. The normalized spacial score (nSPS) is 57.9. The largest absolute Gasteiger partial charge is 0.356 e. The van der Waals surface area contributed by atoms with Gasteiger partial charge in [-0.3, -0.25) is 4.79 Å². The first-order chi connectivity index (χ1) is 7.82. The number of ketones is 1. The molecule has 2 nitrogen and oxygen atoms in total. The maximum absolute atomic E-state index is 12.1. The summed E-state index contributed by atoms with van der Waals surface area (Å²) in [4.78, 5) is 12.1. The van der Waals surface area contributed by atoms with Crippen LogP contribution in [0, 0.1) is 22.7 Å². The van der Waals surface area contributed by atoms with Crippen molar-refractivity contribution in [3.8, 4) is 0 Å². The first-order valence-corrected chi connectivity index (χ1v) is 6.73. The molecule has 2 heteroatoms. The van der Waals surface area contributed by atoms with E-state index in [2.05, 4.69) is 27.4 Å². The molecular weight excluding hydrogens is 212 g/mol. The van der Waals surface area contributed by atoms with Crippen molar-refractivity contribution in [2.24, 2.45) is 22.7 Å². The van der Waals surface area contributed by atoms with Crippen molar-refractivity contribution in [1.82, 2.24) is 0 Å². The summed E-state index contributed by atoms with van der Waals surface area (Å²) in [5, 5.41) is 0. The van der Waals surface area contributed by atoms with Crippen LogP contribution in [0.1, 0.15) is 40.0 Å². The second kappa shape index (κ2) is 2.40. The lowest BCUT2D eigenvalue weighted by Gasteiger charge is -2.34. The van der Waals surface area contributed by atoms with E-state index in [0.29, 0.717) is 11.3 Å². The lowest BCUT2D eigenvalue weighted by atomic mass is 9.69. The molecule has 3 aliphatic carbocycles. The van der Waals surface area contributed by atoms with Crippen LogP contribution in [0.2, 0.25) is 0 Å². The molecule has 0 aromatic carbocycles. The zero-order valence-corrected chi connectivity index (χ0v) is 10.9. The quantitative estimate of drug-likeness (QED) is 0.475. The molecular formula is C15H20O2. The summed E-state index contributed by atoms with van der Waals surface area (Å²) >= 11 is 0. The van der Waals surface area contributed by atoms with Crippen LogP contribution >= 0.6 is 0 Å². The second-order valence-electron chi connectivity index (χ2n) is 7.58. The average Bonchev–Trinajstić information content (AvgIpc) is 2.77. The number of Topliss-reactive ketones (excluding diaryl/α,β-unsaturated/α-hetero) is 1. The fourth-order valence-electron chi connectivity index (χ4n) is 5.39. The Hall–Kier alpha value is -0.630. The molecule has 1 saturated heterocycles. The molecule has 5 atom stereocenters. The predicted molar refractivity (Wildman–Crippen MR) is 64.5 cm³/mol. The third kappa shape index (κ3) is 0.865. The van der Waals surface area contributed by atoms with Gasteiger partial charge < -0.3 is 4.74 Å². The predicted octanol–water partition coefficient (Wildman–Crippen LogP) is 2.73. The van der Waals surface area contributed by atoms with E-state index in [-0.39, 0.29) is 22.9 Å². The van der Waals surface area contributed by atoms with Gasteiger partial charge in [0.1, 0.15) is 5.60 Å². The van der Waals surface area contributed by atoms with E-state index in [1.54, 1.807) is 0 Å². The van der Waals surface area contributed by atoms with Crippen molar-refractivity contribution < 1.29 is 9.53 Å². The van der Waals surface area contributed by atoms with E-state index >= 15 is 0 Å². The maximum Gasteiger partial charge on any atom is 0.190 e. The Kier molecular flexibility index (Phi) is 1.45. The monoisotopic (exact) mass is 232 g/mol. The molecule has 1 unspecified atom stereocenters. The minimum absolute atomic E-state index is 0.0623. The van der Waals surface area contributed by atoms with Crippen LogP contribution < -0.4 is 0 Å². The number of fused-ring (bicyclic) bond motifs is 2. The molecule has 1 spiro atoms. The maximum atomic E-state index is 12.1. The zero-order chi connectivity index (χ0) is 12.2. The van der Waals surface area contributed by atoms with Gasteiger partial charge >= 0.3 is 0 Å². The summed E-state index contributed by atoms with van der Waals surface area (Å²) in [5.74, 6) is 1.54. The molecule has 0 radical (unpaired) electrons. The van der Waals surface area contributed by atoms with E-state index in [1.807, 2.05) is 0 Å². The fourth-order valence-corrected chi connectivity index (χ4v) is 5.39. The summed E-state index contributed by atoms with van der Waals surface area (Å²) in [6.07, 6.45) is 3.46. The fraction of sp³-hybridized carbons (Fsp3) is 0.800. The highest BCUT2D eigenvalue weighted by Crippen LogP contribution is 2.76. The van der Waals surface area contributed by atoms with E-state index in [1.165, 1.54) is 12.8 Å². The Morgan fingerprint density at radius 1 is 1.24 bits per heavy atom. The van der Waals surface area contributed by atoms with Crippen LogP contribution in [0.3, 0.4) is 0 Å². The van der Waals surface area contributed by atoms with Crippen molar-refractivity contribution in [1.29, 1.82) is 0 Å². The Morgan fingerprint density at radius 2 is 1.94 bits per heavy atom. The lowest BCUT2D eigenvalue weighted by Crippen LogP contribution is -2.35. The smallest absolute Gasteiger partial charge is 0.190 e. The van der Waals surface area contributed by atoms with Gasteiger partial charge in [-0.05, 0) is 36.5 Å². The van der Waals surface area contributed by atoms with Crippen molar-refractivity contribution in [2.45, 2.75) is 51.7 Å².